The van der Waals surface area contributed by atoms with E-state index in [0.29, 0.717) is 17.9 Å². The molecule has 0 aromatic heterocycles. The van der Waals surface area contributed by atoms with Crippen LogP contribution in [0, 0.1) is 19.8 Å². The van der Waals surface area contributed by atoms with Gasteiger partial charge in [-0.1, -0.05) is 30.3 Å². The monoisotopic (exact) mass is 363 g/mol. The number of nitrogens with zero attached hydrogens (tertiary/aromatic N) is 1. The van der Waals surface area contributed by atoms with Crippen molar-refractivity contribution in [1.29, 1.82) is 0 Å². The Morgan fingerprint density at radius 3 is 2.19 bits per heavy atom. The van der Waals surface area contributed by atoms with Crippen LogP contribution in [0.5, 0.6) is 5.75 Å². The number of hydrogen-bond donors (Lipinski definition) is 0. The number of carbonyl (C=O) groups excluding carboxylic acids is 1. The maximum atomic E-state index is 13.2. The summed E-state index contributed by atoms with van der Waals surface area (Å²) in [7, 11) is 1.69. The van der Waals surface area contributed by atoms with Crippen LogP contribution < -0.4 is 4.74 Å². The summed E-state index contributed by atoms with van der Waals surface area (Å²) in [6, 6.07) is 15.8. The number of hydrogen-bond acceptors (Lipinski definition) is 3. The molecule has 0 saturated carbocycles. The molecule has 2 fully saturated rings. The molecule has 2 aromatic carbocycles. The lowest BCUT2D eigenvalue weighted by molar-refractivity contribution is 0.0678. The van der Waals surface area contributed by atoms with E-state index in [1.807, 2.05) is 26.0 Å². The largest absolute Gasteiger partial charge is 0.496 e. The minimum atomic E-state index is 0.154. The van der Waals surface area contributed by atoms with Gasteiger partial charge in [0.2, 0.25) is 0 Å². The fraction of sp³-hybridized carbons (Fsp3) is 0.458. The highest BCUT2D eigenvalue weighted by Gasteiger charge is 2.42. The second kappa shape index (κ2) is 7.47. The summed E-state index contributed by atoms with van der Waals surface area (Å²) in [5.41, 5.74) is 4.32. The lowest BCUT2D eigenvalue weighted by Crippen LogP contribution is -2.44. The number of rotatable bonds is 5. The number of piperidine rings is 1. The minimum absolute atomic E-state index is 0.154. The molecular formula is C24H29NO2. The van der Waals surface area contributed by atoms with Crippen LogP contribution in [0.2, 0.25) is 0 Å². The molecule has 0 amide bonds. The molecule has 2 unspecified atom stereocenters. The molecule has 2 saturated heterocycles. The lowest BCUT2D eigenvalue weighted by Gasteiger charge is -2.38. The van der Waals surface area contributed by atoms with Gasteiger partial charge in [0.05, 0.1) is 7.11 Å². The number of ketones is 1. The molecule has 3 heteroatoms. The van der Waals surface area contributed by atoms with Gasteiger partial charge in [0.1, 0.15) is 5.75 Å². The smallest absolute Gasteiger partial charge is 0.166 e. The summed E-state index contributed by atoms with van der Waals surface area (Å²) < 4.78 is 5.45. The van der Waals surface area contributed by atoms with Crippen LogP contribution in [0.15, 0.2) is 42.5 Å². The van der Waals surface area contributed by atoms with Crippen molar-refractivity contribution in [3.8, 4) is 5.75 Å². The number of fused-ring (bicyclic) bond motifs is 2. The van der Waals surface area contributed by atoms with E-state index < -0.39 is 0 Å². The summed E-state index contributed by atoms with van der Waals surface area (Å²) in [6.07, 6.45) is 4.43. The zero-order chi connectivity index (χ0) is 19.0. The van der Waals surface area contributed by atoms with Crippen LogP contribution in [-0.2, 0) is 6.54 Å². The van der Waals surface area contributed by atoms with E-state index in [1.165, 1.54) is 18.4 Å². The van der Waals surface area contributed by atoms with Crippen LogP contribution in [0.3, 0.4) is 0 Å². The summed E-state index contributed by atoms with van der Waals surface area (Å²) in [5, 5.41) is 0. The molecule has 0 radical (unpaired) electrons. The fourth-order valence-electron chi connectivity index (χ4n) is 5.19. The first-order valence-corrected chi connectivity index (χ1v) is 10.1. The lowest BCUT2D eigenvalue weighted by atomic mass is 9.84. The summed E-state index contributed by atoms with van der Waals surface area (Å²) in [6.45, 7) is 5.06. The third kappa shape index (κ3) is 3.53. The molecule has 0 N–H and O–H groups in total. The van der Waals surface area contributed by atoms with Crippen LogP contribution in [0.25, 0.3) is 0 Å². The van der Waals surface area contributed by atoms with Crippen molar-refractivity contribution in [2.45, 2.75) is 58.2 Å². The normalized spacial score (nSPS) is 24.8. The fourth-order valence-corrected chi connectivity index (χ4v) is 5.19. The van der Waals surface area contributed by atoms with E-state index in [2.05, 4.69) is 35.2 Å². The van der Waals surface area contributed by atoms with Crippen molar-refractivity contribution in [3.63, 3.8) is 0 Å². The number of benzene rings is 2. The van der Waals surface area contributed by atoms with Gasteiger partial charge in [0.15, 0.2) is 5.78 Å². The Hall–Kier alpha value is -2.13. The molecule has 2 bridgehead atoms. The Morgan fingerprint density at radius 2 is 1.63 bits per heavy atom. The second-order valence-electron chi connectivity index (χ2n) is 8.22. The van der Waals surface area contributed by atoms with Gasteiger partial charge in [-0.3, -0.25) is 9.69 Å². The number of methoxy groups -OCH3 is 1. The van der Waals surface area contributed by atoms with Crippen molar-refractivity contribution in [3.05, 3.63) is 64.7 Å². The van der Waals surface area contributed by atoms with Crippen molar-refractivity contribution >= 4 is 5.78 Å². The zero-order valence-corrected chi connectivity index (χ0v) is 16.6. The Bertz CT molecular complexity index is 793. The molecule has 2 atom stereocenters. The predicted molar refractivity (Wildman–Crippen MR) is 108 cm³/mol. The molecule has 27 heavy (non-hydrogen) atoms. The molecule has 2 heterocycles. The quantitative estimate of drug-likeness (QED) is 0.705. The van der Waals surface area contributed by atoms with Crippen LogP contribution >= 0.6 is 0 Å². The van der Waals surface area contributed by atoms with E-state index >= 15 is 0 Å². The van der Waals surface area contributed by atoms with Gasteiger partial charge in [-0.2, -0.15) is 0 Å². The number of ether oxygens (including phenoxy) is 1. The van der Waals surface area contributed by atoms with Gasteiger partial charge in [-0.25, -0.2) is 0 Å². The average Bonchev–Trinajstić information content (AvgIpc) is 2.89. The molecule has 142 valence electrons. The van der Waals surface area contributed by atoms with Gasteiger partial charge in [-0.15, -0.1) is 0 Å². The topological polar surface area (TPSA) is 29.5 Å². The Labute approximate surface area is 162 Å². The van der Waals surface area contributed by atoms with E-state index in [4.69, 9.17) is 4.74 Å². The van der Waals surface area contributed by atoms with E-state index in [0.717, 1.165) is 41.8 Å². The van der Waals surface area contributed by atoms with Crippen molar-refractivity contribution < 1.29 is 9.53 Å². The first kappa shape index (κ1) is 18.2. The van der Waals surface area contributed by atoms with Gasteiger partial charge < -0.3 is 4.74 Å². The highest BCUT2D eigenvalue weighted by molar-refractivity contribution is 5.98. The first-order valence-electron chi connectivity index (χ1n) is 10.1. The summed E-state index contributed by atoms with van der Waals surface area (Å²) in [5.74, 6) is 1.37. The molecule has 2 aromatic rings. The Kier molecular flexibility index (Phi) is 5.05. The minimum Gasteiger partial charge on any atom is -0.496 e. The number of aryl methyl sites for hydroxylation is 2. The maximum absolute atomic E-state index is 13.2. The van der Waals surface area contributed by atoms with Gasteiger partial charge in [-0.05, 0) is 68.4 Å². The van der Waals surface area contributed by atoms with Gasteiger partial charge >= 0.3 is 0 Å². The summed E-state index contributed by atoms with van der Waals surface area (Å²) in [4.78, 5) is 15.9. The van der Waals surface area contributed by atoms with Gasteiger partial charge in [0, 0.05) is 30.1 Å². The second-order valence-corrected chi connectivity index (χ2v) is 8.22. The zero-order valence-electron chi connectivity index (χ0n) is 16.6. The van der Waals surface area contributed by atoms with E-state index in [1.54, 1.807) is 7.11 Å². The van der Waals surface area contributed by atoms with Crippen molar-refractivity contribution in [2.75, 3.05) is 7.11 Å². The van der Waals surface area contributed by atoms with Crippen LogP contribution in [0.1, 0.15) is 52.7 Å². The Balaban J connectivity index is 1.49. The number of Topliss-reactive ketones (excluding diaryl/α,β-unsaturated/α-hetero) is 1. The van der Waals surface area contributed by atoms with Crippen molar-refractivity contribution in [1.82, 2.24) is 4.90 Å². The molecule has 2 aliphatic heterocycles. The highest BCUT2D eigenvalue weighted by Crippen LogP contribution is 2.41. The third-order valence-electron chi connectivity index (χ3n) is 6.41. The summed E-state index contributed by atoms with van der Waals surface area (Å²) >= 11 is 0. The standard InChI is InChI=1S/C24H29NO2/c1-16-11-19(12-17(2)24(16)27-3)23(26)20-13-21-9-10-22(14-20)25(21)15-18-7-5-4-6-8-18/h4-8,11-12,20-22H,9-10,13-15H2,1-3H3. The molecule has 0 spiro atoms. The SMILES string of the molecule is COc1c(C)cc(C(=O)C2CC3CCC(C2)N3Cc2ccccc2)cc1C. The van der Waals surface area contributed by atoms with Crippen molar-refractivity contribution in [2.24, 2.45) is 5.92 Å². The van der Waals surface area contributed by atoms with Crippen LogP contribution in [0.4, 0.5) is 0 Å². The average molecular weight is 364 g/mol. The van der Waals surface area contributed by atoms with E-state index in [9.17, 15) is 4.79 Å². The molecule has 3 nitrogen and oxygen atoms in total. The number of carbonyl (C=O) groups is 1. The first-order chi connectivity index (χ1) is 13.1. The molecular weight excluding hydrogens is 334 g/mol. The van der Waals surface area contributed by atoms with E-state index in [-0.39, 0.29) is 5.92 Å². The molecule has 0 aliphatic carbocycles. The van der Waals surface area contributed by atoms with Gasteiger partial charge in [0.25, 0.3) is 0 Å². The maximum Gasteiger partial charge on any atom is 0.166 e. The predicted octanol–water partition coefficient (Wildman–Crippen LogP) is 4.94. The molecule has 4 rings (SSSR count). The van der Waals surface area contributed by atoms with Crippen LogP contribution in [-0.4, -0.2) is 29.9 Å². The third-order valence-corrected chi connectivity index (χ3v) is 6.41. The Morgan fingerprint density at radius 1 is 1.04 bits per heavy atom. The molecule has 2 aliphatic rings. The highest BCUT2D eigenvalue weighted by atomic mass is 16.5.